The number of carbonyl (C=O) groups excluding carboxylic acids is 1. The fourth-order valence-corrected chi connectivity index (χ4v) is 4.74. The smallest absolute Gasteiger partial charge is 0.367 e. The number of rotatable bonds is 4. The summed E-state index contributed by atoms with van der Waals surface area (Å²) in [5, 5.41) is 5.94. The minimum atomic E-state index is -4.52. The Kier molecular flexibility index (Phi) is 4.37. The highest BCUT2D eigenvalue weighted by molar-refractivity contribution is 5.77. The molecule has 6 nitrogen and oxygen atoms in total. The lowest BCUT2D eigenvalue weighted by Crippen LogP contribution is -2.29. The Bertz CT molecular complexity index is 1000. The van der Waals surface area contributed by atoms with E-state index in [-0.39, 0.29) is 35.8 Å². The van der Waals surface area contributed by atoms with Crippen LogP contribution in [-0.4, -0.2) is 26.8 Å². The summed E-state index contributed by atoms with van der Waals surface area (Å²) in [5.41, 5.74) is 2.07. The molecule has 1 saturated carbocycles. The maximum absolute atomic E-state index is 13.3. The molecule has 0 spiro atoms. The highest BCUT2D eigenvalue weighted by atomic mass is 19.4. The summed E-state index contributed by atoms with van der Waals surface area (Å²) in [6.45, 7) is 1.59. The van der Waals surface area contributed by atoms with Crippen LogP contribution >= 0.6 is 0 Å². The molecule has 1 amide bonds. The zero-order valence-electron chi connectivity index (χ0n) is 16.5. The fraction of sp³-hybridized carbons (Fsp3) is 0.476. The highest BCUT2D eigenvalue weighted by Gasteiger charge is 2.45. The summed E-state index contributed by atoms with van der Waals surface area (Å²) in [7, 11) is 0. The number of halogens is 3. The summed E-state index contributed by atoms with van der Waals surface area (Å²) in [6.07, 6.45) is 0.865. The monoisotopic (exact) mass is 417 g/mol. The molecule has 9 heteroatoms. The molecule has 2 aromatic rings. The van der Waals surface area contributed by atoms with Gasteiger partial charge in [0.05, 0.1) is 12.1 Å². The Labute approximate surface area is 171 Å². The van der Waals surface area contributed by atoms with E-state index >= 15 is 0 Å². The second-order valence-electron chi connectivity index (χ2n) is 8.23. The first-order valence-corrected chi connectivity index (χ1v) is 10.2. The summed E-state index contributed by atoms with van der Waals surface area (Å²) < 4.78 is 40.0. The summed E-state index contributed by atoms with van der Waals surface area (Å²) in [6, 6.07) is 6.00. The third kappa shape index (κ3) is 3.16. The van der Waals surface area contributed by atoms with Crippen molar-refractivity contribution in [3.05, 3.63) is 41.1 Å². The average Bonchev–Trinajstić information content (AvgIpc) is 3.21. The molecule has 0 radical (unpaired) electrons. The molecule has 1 aliphatic carbocycles. The molecule has 2 aliphatic heterocycles. The minimum Gasteiger partial charge on any atom is -0.367 e. The van der Waals surface area contributed by atoms with Gasteiger partial charge in [0.2, 0.25) is 11.9 Å². The Balaban J connectivity index is 1.42. The van der Waals surface area contributed by atoms with Gasteiger partial charge in [-0.3, -0.25) is 4.79 Å². The topological polar surface area (TPSA) is 70.2 Å². The van der Waals surface area contributed by atoms with Crippen LogP contribution in [0.1, 0.15) is 67.8 Å². The van der Waals surface area contributed by atoms with Gasteiger partial charge in [-0.05, 0) is 55.4 Å². The van der Waals surface area contributed by atoms with Crippen LogP contribution in [0.15, 0.2) is 24.4 Å². The number of benzene rings is 1. The molecule has 3 heterocycles. The molecule has 2 atom stereocenters. The van der Waals surface area contributed by atoms with Gasteiger partial charge in [0.1, 0.15) is 11.4 Å². The first kappa shape index (κ1) is 19.1. The van der Waals surface area contributed by atoms with Crippen molar-refractivity contribution in [1.29, 1.82) is 0 Å². The van der Waals surface area contributed by atoms with E-state index in [1.165, 1.54) is 0 Å². The van der Waals surface area contributed by atoms with E-state index in [9.17, 15) is 18.0 Å². The molecule has 1 aromatic heterocycles. The maximum atomic E-state index is 13.3. The molecular formula is C21H22F3N5O. The van der Waals surface area contributed by atoms with E-state index < -0.39 is 11.7 Å². The van der Waals surface area contributed by atoms with Gasteiger partial charge in [-0.1, -0.05) is 6.07 Å². The molecule has 2 bridgehead atoms. The van der Waals surface area contributed by atoms with Crippen LogP contribution in [0.4, 0.5) is 30.6 Å². The van der Waals surface area contributed by atoms with Crippen LogP contribution in [0.5, 0.6) is 0 Å². The highest BCUT2D eigenvalue weighted by Crippen LogP contribution is 2.53. The lowest BCUT2D eigenvalue weighted by Gasteiger charge is -2.28. The summed E-state index contributed by atoms with van der Waals surface area (Å²) in [5.74, 6) is -0.0185. The predicted molar refractivity (Wildman–Crippen MR) is 105 cm³/mol. The zero-order valence-corrected chi connectivity index (χ0v) is 16.5. The Morgan fingerprint density at radius 1 is 1.13 bits per heavy atom. The van der Waals surface area contributed by atoms with Crippen molar-refractivity contribution in [2.45, 2.75) is 63.3 Å². The number of carbonyl (C=O) groups is 1. The van der Waals surface area contributed by atoms with Gasteiger partial charge in [-0.2, -0.15) is 18.2 Å². The molecular weight excluding hydrogens is 395 g/mol. The van der Waals surface area contributed by atoms with Crippen molar-refractivity contribution < 1.29 is 18.0 Å². The summed E-state index contributed by atoms with van der Waals surface area (Å²) >= 11 is 0. The van der Waals surface area contributed by atoms with Gasteiger partial charge in [0.25, 0.3) is 0 Å². The largest absolute Gasteiger partial charge is 0.421 e. The third-order valence-electron chi connectivity index (χ3n) is 6.35. The van der Waals surface area contributed by atoms with Crippen LogP contribution in [-0.2, 0) is 11.0 Å². The Morgan fingerprint density at radius 2 is 1.87 bits per heavy atom. The Morgan fingerprint density at radius 3 is 2.50 bits per heavy atom. The number of alkyl halides is 3. The van der Waals surface area contributed by atoms with Crippen molar-refractivity contribution in [1.82, 2.24) is 14.9 Å². The first-order chi connectivity index (χ1) is 14.3. The number of hydrogen-bond acceptors (Lipinski definition) is 5. The maximum Gasteiger partial charge on any atom is 0.421 e. The lowest BCUT2D eigenvalue weighted by atomic mass is 9.91. The second-order valence-corrected chi connectivity index (χ2v) is 8.23. The molecule has 2 N–H and O–H groups in total. The SMILES string of the molecule is CC(=O)N1[C@@H]2CC[C@H]1c1ccc(Nc3ncc(C(F)(F)F)c(NC4CCC4)n3)cc12. The number of hydrogen-bond donors (Lipinski definition) is 2. The van der Waals surface area contributed by atoms with E-state index in [1.807, 2.05) is 23.1 Å². The molecule has 30 heavy (non-hydrogen) atoms. The van der Waals surface area contributed by atoms with Gasteiger partial charge in [0, 0.05) is 24.8 Å². The van der Waals surface area contributed by atoms with Crippen LogP contribution in [0.3, 0.4) is 0 Å². The van der Waals surface area contributed by atoms with Crippen LogP contribution < -0.4 is 10.6 Å². The van der Waals surface area contributed by atoms with E-state index in [0.29, 0.717) is 5.69 Å². The zero-order chi connectivity index (χ0) is 21.0. The van der Waals surface area contributed by atoms with E-state index in [2.05, 4.69) is 20.6 Å². The van der Waals surface area contributed by atoms with Gasteiger partial charge in [-0.25, -0.2) is 4.98 Å². The van der Waals surface area contributed by atoms with E-state index in [1.54, 1.807) is 6.92 Å². The van der Waals surface area contributed by atoms with Gasteiger partial charge in [0.15, 0.2) is 0 Å². The quantitative estimate of drug-likeness (QED) is 0.737. The average molecular weight is 417 g/mol. The number of nitrogens with one attached hydrogen (secondary N) is 2. The molecule has 158 valence electrons. The van der Waals surface area contributed by atoms with Gasteiger partial charge < -0.3 is 15.5 Å². The lowest BCUT2D eigenvalue weighted by molar-refractivity contribution is -0.137. The molecule has 2 fully saturated rings. The summed E-state index contributed by atoms with van der Waals surface area (Å²) in [4.78, 5) is 21.9. The molecule has 3 aliphatic rings. The number of amides is 1. The van der Waals surface area contributed by atoms with Crippen molar-refractivity contribution in [3.63, 3.8) is 0 Å². The normalized spacial score (nSPS) is 22.6. The predicted octanol–water partition coefficient (Wildman–Crippen LogP) is 4.94. The van der Waals surface area contributed by atoms with Crippen LogP contribution in [0, 0.1) is 0 Å². The number of fused-ring (bicyclic) bond motifs is 5. The van der Waals surface area contributed by atoms with Crippen LogP contribution in [0.2, 0.25) is 0 Å². The van der Waals surface area contributed by atoms with Crippen molar-refractivity contribution in [2.24, 2.45) is 0 Å². The van der Waals surface area contributed by atoms with Crippen molar-refractivity contribution in [3.8, 4) is 0 Å². The number of anilines is 3. The molecule has 5 rings (SSSR count). The molecule has 0 unspecified atom stereocenters. The molecule has 1 aromatic carbocycles. The van der Waals surface area contributed by atoms with E-state index in [0.717, 1.165) is 49.4 Å². The molecule has 1 saturated heterocycles. The second kappa shape index (κ2) is 6.85. The number of nitrogens with zero attached hydrogens (tertiary/aromatic N) is 3. The van der Waals surface area contributed by atoms with E-state index in [4.69, 9.17) is 0 Å². The van der Waals surface area contributed by atoms with Crippen molar-refractivity contribution >= 4 is 23.4 Å². The third-order valence-corrected chi connectivity index (χ3v) is 6.35. The van der Waals surface area contributed by atoms with Crippen molar-refractivity contribution in [2.75, 3.05) is 10.6 Å². The van der Waals surface area contributed by atoms with Gasteiger partial charge in [-0.15, -0.1) is 0 Å². The van der Waals surface area contributed by atoms with Crippen LogP contribution in [0.25, 0.3) is 0 Å². The fourth-order valence-electron chi connectivity index (χ4n) is 4.74. The first-order valence-electron chi connectivity index (χ1n) is 10.2. The number of aromatic nitrogens is 2. The van der Waals surface area contributed by atoms with Gasteiger partial charge >= 0.3 is 6.18 Å². The standard InChI is InChI=1S/C21H22F3N5O/c1-11(30)29-17-7-8-18(29)15-9-13(5-6-14(15)17)27-20-25-10-16(21(22,23)24)19(28-20)26-12-3-2-4-12/h5-6,9-10,12,17-18H,2-4,7-8H2,1H3,(H2,25,26,27,28)/t17-,18+/m0/s1. The minimum absolute atomic E-state index is 0.0157. The Hall–Kier alpha value is -2.84.